The summed E-state index contributed by atoms with van der Waals surface area (Å²) in [4.78, 5) is 14.7. The minimum Gasteiger partial charge on any atom is -0.495 e. The monoisotopic (exact) mass is 462 g/mol. The zero-order valence-electron chi connectivity index (χ0n) is 19.0. The summed E-state index contributed by atoms with van der Waals surface area (Å²) in [5, 5.41) is 0. The quantitative estimate of drug-likeness (QED) is 0.626. The summed E-state index contributed by atoms with van der Waals surface area (Å²) < 4.78 is 44.1. The van der Waals surface area contributed by atoms with E-state index in [9.17, 15) is 13.2 Å². The smallest absolute Gasteiger partial charge is 0.258 e. The number of methoxy groups -OCH3 is 3. The third-order valence-electron chi connectivity index (χ3n) is 5.65. The summed E-state index contributed by atoms with van der Waals surface area (Å²) in [6.45, 7) is 0.935. The summed E-state index contributed by atoms with van der Waals surface area (Å²) in [5.74, 6) is 0.906. The van der Waals surface area contributed by atoms with Gasteiger partial charge in [-0.3, -0.25) is 4.79 Å². The molecule has 0 aromatic heterocycles. The average Bonchev–Trinajstić information content (AvgIpc) is 3.12. The molecule has 0 N–H and O–H groups in total. The summed E-state index contributed by atoms with van der Waals surface area (Å²) in [6.07, 6.45) is 3.67. The Kier molecular flexibility index (Phi) is 7.63. The zero-order chi connectivity index (χ0) is 23.3. The molecule has 0 atom stereocenters. The van der Waals surface area contributed by atoms with E-state index in [4.69, 9.17) is 14.2 Å². The minimum atomic E-state index is -3.79. The summed E-state index contributed by atoms with van der Waals surface area (Å²) in [5.41, 5.74) is 0.830. The number of amides is 1. The molecule has 0 bridgehead atoms. The second-order valence-electron chi connectivity index (χ2n) is 7.59. The van der Waals surface area contributed by atoms with Crippen molar-refractivity contribution in [3.8, 4) is 17.2 Å². The molecular weight excluding hydrogens is 432 g/mol. The highest BCUT2D eigenvalue weighted by Gasteiger charge is 2.29. The fourth-order valence-electron chi connectivity index (χ4n) is 3.78. The molecule has 2 aromatic carbocycles. The van der Waals surface area contributed by atoms with Gasteiger partial charge in [0.25, 0.3) is 5.91 Å². The van der Waals surface area contributed by atoms with E-state index in [2.05, 4.69) is 0 Å². The standard InChI is InChI=1S/C23H30N2O6S/c1-24(18-10-12-19(29-2)21(16-18)31-4)23(26)17-9-11-20(30-3)22(15-17)32(27,28)25-13-7-5-6-8-14-25/h9-12,15-16H,5-8,13-14H2,1-4H3. The molecule has 1 amide bonds. The van der Waals surface area contributed by atoms with Crippen molar-refractivity contribution < 1.29 is 27.4 Å². The highest BCUT2D eigenvalue weighted by Crippen LogP contribution is 2.33. The van der Waals surface area contributed by atoms with E-state index in [1.54, 1.807) is 31.3 Å². The van der Waals surface area contributed by atoms with Crippen molar-refractivity contribution in [2.24, 2.45) is 0 Å². The normalized spacial score (nSPS) is 15.0. The third-order valence-corrected chi connectivity index (χ3v) is 7.57. The van der Waals surface area contributed by atoms with Crippen LogP contribution in [0.2, 0.25) is 0 Å². The molecule has 32 heavy (non-hydrogen) atoms. The first-order valence-electron chi connectivity index (χ1n) is 10.5. The molecule has 1 saturated heterocycles. The second kappa shape index (κ2) is 10.2. The number of hydrogen-bond acceptors (Lipinski definition) is 6. The van der Waals surface area contributed by atoms with Crippen LogP contribution >= 0.6 is 0 Å². The van der Waals surface area contributed by atoms with Crippen molar-refractivity contribution >= 4 is 21.6 Å². The first-order chi connectivity index (χ1) is 15.3. The van der Waals surface area contributed by atoms with Gasteiger partial charge in [0.15, 0.2) is 11.5 Å². The van der Waals surface area contributed by atoms with Crippen LogP contribution in [-0.2, 0) is 10.0 Å². The number of carbonyl (C=O) groups is 1. The third kappa shape index (κ3) is 4.83. The van der Waals surface area contributed by atoms with Crippen LogP contribution < -0.4 is 19.1 Å². The molecule has 8 nitrogen and oxygen atoms in total. The largest absolute Gasteiger partial charge is 0.495 e. The molecule has 1 aliphatic heterocycles. The zero-order valence-corrected chi connectivity index (χ0v) is 19.8. The molecular formula is C23H30N2O6S. The lowest BCUT2D eigenvalue weighted by atomic mass is 10.1. The Morgan fingerprint density at radius 3 is 2.03 bits per heavy atom. The number of sulfonamides is 1. The lowest BCUT2D eigenvalue weighted by molar-refractivity contribution is 0.0992. The Balaban J connectivity index is 1.96. The van der Waals surface area contributed by atoms with Gasteiger partial charge in [-0.25, -0.2) is 8.42 Å². The maximum Gasteiger partial charge on any atom is 0.258 e. The van der Waals surface area contributed by atoms with E-state index < -0.39 is 10.0 Å². The van der Waals surface area contributed by atoms with E-state index in [-0.39, 0.29) is 22.1 Å². The van der Waals surface area contributed by atoms with Gasteiger partial charge in [0, 0.05) is 37.5 Å². The fourth-order valence-corrected chi connectivity index (χ4v) is 5.48. The highest BCUT2D eigenvalue weighted by atomic mass is 32.2. The molecule has 2 aromatic rings. The second-order valence-corrected chi connectivity index (χ2v) is 9.49. The van der Waals surface area contributed by atoms with Gasteiger partial charge >= 0.3 is 0 Å². The molecule has 1 aliphatic rings. The van der Waals surface area contributed by atoms with Crippen LogP contribution in [0.25, 0.3) is 0 Å². The summed E-state index contributed by atoms with van der Waals surface area (Å²) in [6, 6.07) is 9.63. The number of hydrogen-bond donors (Lipinski definition) is 0. The molecule has 174 valence electrons. The van der Waals surface area contributed by atoms with Crippen molar-refractivity contribution in [3.63, 3.8) is 0 Å². The molecule has 0 saturated carbocycles. The van der Waals surface area contributed by atoms with Crippen molar-refractivity contribution in [2.75, 3.05) is 46.4 Å². The number of ether oxygens (including phenoxy) is 3. The van der Waals surface area contributed by atoms with Gasteiger partial charge in [-0.2, -0.15) is 4.31 Å². The SMILES string of the molecule is COc1ccc(N(C)C(=O)c2ccc(OC)c(S(=O)(=O)N3CCCCCC3)c2)cc1OC. The molecule has 9 heteroatoms. The minimum absolute atomic E-state index is 0.00783. The van der Waals surface area contributed by atoms with E-state index >= 15 is 0 Å². The molecule has 0 spiro atoms. The summed E-state index contributed by atoms with van der Waals surface area (Å²) in [7, 11) is 2.31. The Hall–Kier alpha value is -2.78. The van der Waals surface area contributed by atoms with Crippen LogP contribution in [0.4, 0.5) is 5.69 Å². The molecule has 3 rings (SSSR count). The van der Waals surface area contributed by atoms with E-state index in [0.717, 1.165) is 25.7 Å². The first kappa shape index (κ1) is 23.9. The molecule has 0 radical (unpaired) electrons. The van der Waals surface area contributed by atoms with Crippen LogP contribution in [0.1, 0.15) is 36.0 Å². The number of carbonyl (C=O) groups excluding carboxylic acids is 1. The van der Waals surface area contributed by atoms with Crippen LogP contribution in [0.3, 0.4) is 0 Å². The van der Waals surface area contributed by atoms with Gasteiger partial charge in [-0.1, -0.05) is 12.8 Å². The maximum atomic E-state index is 13.4. The summed E-state index contributed by atoms with van der Waals surface area (Å²) >= 11 is 0. The van der Waals surface area contributed by atoms with E-state index in [1.807, 2.05) is 0 Å². The predicted octanol–water partition coefficient (Wildman–Crippen LogP) is 3.55. The molecule has 0 aliphatic carbocycles. The fraction of sp³-hybridized carbons (Fsp3) is 0.435. The van der Waals surface area contributed by atoms with Crippen LogP contribution in [-0.4, -0.2) is 60.1 Å². The number of rotatable bonds is 7. The Morgan fingerprint density at radius 2 is 1.44 bits per heavy atom. The Labute approximate surface area is 189 Å². The van der Waals surface area contributed by atoms with Gasteiger partial charge < -0.3 is 19.1 Å². The number of nitrogens with zero attached hydrogens (tertiary/aromatic N) is 2. The van der Waals surface area contributed by atoms with Crippen molar-refractivity contribution in [1.82, 2.24) is 4.31 Å². The lowest BCUT2D eigenvalue weighted by Crippen LogP contribution is -2.32. The van der Waals surface area contributed by atoms with Gasteiger partial charge in [-0.05, 0) is 43.2 Å². The topological polar surface area (TPSA) is 85.4 Å². The van der Waals surface area contributed by atoms with Crippen molar-refractivity contribution in [2.45, 2.75) is 30.6 Å². The predicted molar refractivity (Wildman–Crippen MR) is 123 cm³/mol. The Bertz CT molecular complexity index is 1060. The maximum absolute atomic E-state index is 13.4. The van der Waals surface area contributed by atoms with Gasteiger partial charge in [0.2, 0.25) is 10.0 Å². The molecule has 1 heterocycles. The highest BCUT2D eigenvalue weighted by molar-refractivity contribution is 7.89. The Morgan fingerprint density at radius 1 is 0.844 bits per heavy atom. The van der Waals surface area contributed by atoms with Crippen molar-refractivity contribution in [3.05, 3.63) is 42.0 Å². The van der Waals surface area contributed by atoms with E-state index in [1.165, 1.54) is 42.7 Å². The van der Waals surface area contributed by atoms with Gasteiger partial charge in [-0.15, -0.1) is 0 Å². The molecule has 0 unspecified atom stereocenters. The van der Waals surface area contributed by atoms with Crippen LogP contribution in [0, 0.1) is 0 Å². The number of benzene rings is 2. The first-order valence-corrected chi connectivity index (χ1v) is 12.0. The average molecular weight is 463 g/mol. The van der Waals surface area contributed by atoms with Crippen LogP contribution in [0.5, 0.6) is 17.2 Å². The molecule has 1 fully saturated rings. The van der Waals surface area contributed by atoms with E-state index in [0.29, 0.717) is 30.3 Å². The van der Waals surface area contributed by atoms with Gasteiger partial charge in [0.1, 0.15) is 10.6 Å². The number of anilines is 1. The van der Waals surface area contributed by atoms with Crippen molar-refractivity contribution in [1.29, 1.82) is 0 Å². The van der Waals surface area contributed by atoms with Crippen LogP contribution in [0.15, 0.2) is 41.3 Å². The van der Waals surface area contributed by atoms with Gasteiger partial charge in [0.05, 0.1) is 21.3 Å². The lowest BCUT2D eigenvalue weighted by Gasteiger charge is -2.23.